The van der Waals surface area contributed by atoms with Gasteiger partial charge >= 0.3 is 0 Å². The van der Waals surface area contributed by atoms with Gasteiger partial charge in [0.1, 0.15) is 6.04 Å². The highest BCUT2D eigenvalue weighted by Gasteiger charge is 2.31. The van der Waals surface area contributed by atoms with Crippen LogP contribution in [0.2, 0.25) is 10.0 Å². The minimum Gasteiger partial charge on any atom is -0.350 e. The van der Waals surface area contributed by atoms with E-state index in [1.807, 2.05) is 58.0 Å². The first-order valence-corrected chi connectivity index (χ1v) is 11.6. The molecule has 0 aliphatic rings. The van der Waals surface area contributed by atoms with Crippen molar-refractivity contribution in [2.45, 2.75) is 57.1 Å². The van der Waals surface area contributed by atoms with Crippen LogP contribution in [0.4, 0.5) is 0 Å². The number of carbonyl (C=O) groups excluding carboxylic acids is 2. The predicted octanol–water partition coefficient (Wildman–Crippen LogP) is 5.81. The fourth-order valence-electron chi connectivity index (χ4n) is 2.95. The first-order valence-electron chi connectivity index (χ1n) is 9.84. The topological polar surface area (TPSA) is 49.4 Å². The molecule has 0 radical (unpaired) electrons. The molecule has 0 aliphatic carbocycles. The van der Waals surface area contributed by atoms with Crippen LogP contribution in [0.15, 0.2) is 53.4 Å². The van der Waals surface area contributed by atoms with E-state index in [2.05, 4.69) is 5.32 Å². The van der Waals surface area contributed by atoms with Gasteiger partial charge in [-0.1, -0.05) is 54.4 Å². The van der Waals surface area contributed by atoms with Gasteiger partial charge in [-0.2, -0.15) is 0 Å². The molecule has 0 fully saturated rings. The average Bonchev–Trinajstić information content (AvgIpc) is 2.67. The molecule has 0 heterocycles. The zero-order valence-electron chi connectivity index (χ0n) is 17.7. The van der Waals surface area contributed by atoms with Gasteiger partial charge in [-0.25, -0.2) is 0 Å². The molecule has 2 amide bonds. The van der Waals surface area contributed by atoms with Gasteiger partial charge in [0, 0.05) is 27.0 Å². The molecule has 30 heavy (non-hydrogen) atoms. The Kier molecular flexibility index (Phi) is 9.08. The number of amides is 2. The van der Waals surface area contributed by atoms with Crippen molar-refractivity contribution in [3.8, 4) is 0 Å². The lowest BCUT2D eigenvalue weighted by Gasteiger charge is -2.33. The van der Waals surface area contributed by atoms with Crippen molar-refractivity contribution in [1.29, 1.82) is 0 Å². The Balaban J connectivity index is 2.27. The third-order valence-electron chi connectivity index (χ3n) is 4.35. The van der Waals surface area contributed by atoms with E-state index in [1.165, 1.54) is 11.8 Å². The fourth-order valence-corrected chi connectivity index (χ4v) is 4.22. The molecule has 1 atom stereocenters. The van der Waals surface area contributed by atoms with Gasteiger partial charge in [0.2, 0.25) is 11.8 Å². The van der Waals surface area contributed by atoms with Gasteiger partial charge in [-0.3, -0.25) is 9.59 Å². The molecule has 1 N–H and O–H groups in total. The SMILES string of the molecule is CC[C@H](C(=O)NC(C)(C)C)N(Cc1ccc(Cl)cc1Cl)C(=O)CSc1ccccc1. The van der Waals surface area contributed by atoms with E-state index in [9.17, 15) is 9.59 Å². The Bertz CT molecular complexity index is 869. The number of benzene rings is 2. The minimum atomic E-state index is -0.597. The van der Waals surface area contributed by atoms with Crippen LogP contribution >= 0.6 is 35.0 Å². The zero-order valence-corrected chi connectivity index (χ0v) is 20.1. The van der Waals surface area contributed by atoms with E-state index >= 15 is 0 Å². The Morgan fingerprint density at radius 1 is 1.10 bits per heavy atom. The summed E-state index contributed by atoms with van der Waals surface area (Å²) in [6.45, 7) is 7.91. The highest BCUT2D eigenvalue weighted by Crippen LogP contribution is 2.25. The summed E-state index contributed by atoms with van der Waals surface area (Å²) < 4.78 is 0. The molecule has 0 aromatic heterocycles. The second-order valence-corrected chi connectivity index (χ2v) is 9.91. The van der Waals surface area contributed by atoms with Crippen molar-refractivity contribution in [2.24, 2.45) is 0 Å². The first kappa shape index (κ1) is 24.6. The van der Waals surface area contributed by atoms with E-state index in [0.29, 0.717) is 16.5 Å². The van der Waals surface area contributed by atoms with E-state index in [-0.39, 0.29) is 24.1 Å². The van der Waals surface area contributed by atoms with Crippen LogP contribution in [0.3, 0.4) is 0 Å². The van der Waals surface area contributed by atoms with Gasteiger partial charge in [0.05, 0.1) is 5.75 Å². The normalized spacial score (nSPS) is 12.3. The smallest absolute Gasteiger partial charge is 0.243 e. The van der Waals surface area contributed by atoms with Gasteiger partial charge < -0.3 is 10.2 Å². The monoisotopic (exact) mass is 466 g/mol. The molecular weight excluding hydrogens is 439 g/mol. The van der Waals surface area contributed by atoms with E-state index < -0.39 is 11.6 Å². The zero-order chi connectivity index (χ0) is 22.3. The Morgan fingerprint density at radius 3 is 2.33 bits per heavy atom. The quantitative estimate of drug-likeness (QED) is 0.499. The lowest BCUT2D eigenvalue weighted by atomic mass is 10.1. The van der Waals surface area contributed by atoms with Crippen LogP contribution in [0.25, 0.3) is 0 Å². The minimum absolute atomic E-state index is 0.120. The number of hydrogen-bond donors (Lipinski definition) is 1. The van der Waals surface area contributed by atoms with Gasteiger partial charge in [0.25, 0.3) is 0 Å². The number of nitrogens with one attached hydrogen (secondary N) is 1. The number of hydrogen-bond acceptors (Lipinski definition) is 3. The molecule has 0 spiro atoms. The second kappa shape index (κ2) is 11.1. The highest BCUT2D eigenvalue weighted by atomic mass is 35.5. The molecule has 0 aliphatic heterocycles. The van der Waals surface area contributed by atoms with Crippen molar-refractivity contribution in [1.82, 2.24) is 10.2 Å². The van der Waals surface area contributed by atoms with Crippen molar-refractivity contribution >= 4 is 46.8 Å². The van der Waals surface area contributed by atoms with E-state index in [4.69, 9.17) is 23.2 Å². The number of nitrogens with zero attached hydrogens (tertiary/aromatic N) is 1. The summed E-state index contributed by atoms with van der Waals surface area (Å²) in [7, 11) is 0. The van der Waals surface area contributed by atoms with Crippen molar-refractivity contribution in [2.75, 3.05) is 5.75 Å². The highest BCUT2D eigenvalue weighted by molar-refractivity contribution is 8.00. The van der Waals surface area contributed by atoms with Gasteiger partial charge in [-0.15, -0.1) is 11.8 Å². The molecule has 4 nitrogen and oxygen atoms in total. The van der Waals surface area contributed by atoms with E-state index in [0.717, 1.165) is 10.5 Å². The Morgan fingerprint density at radius 2 is 1.77 bits per heavy atom. The molecule has 2 aromatic carbocycles. The largest absolute Gasteiger partial charge is 0.350 e. The predicted molar refractivity (Wildman–Crippen MR) is 126 cm³/mol. The molecule has 162 valence electrons. The maximum absolute atomic E-state index is 13.2. The van der Waals surface area contributed by atoms with Crippen molar-refractivity contribution in [3.63, 3.8) is 0 Å². The lowest BCUT2D eigenvalue weighted by molar-refractivity contribution is -0.140. The molecule has 2 aromatic rings. The fraction of sp³-hybridized carbons (Fsp3) is 0.391. The summed E-state index contributed by atoms with van der Waals surface area (Å²) in [6, 6.07) is 14.3. The average molecular weight is 467 g/mol. The third-order valence-corrected chi connectivity index (χ3v) is 5.93. The van der Waals surface area contributed by atoms with Crippen molar-refractivity contribution < 1.29 is 9.59 Å². The number of thioether (sulfide) groups is 1. The van der Waals surface area contributed by atoms with Crippen LogP contribution in [0.1, 0.15) is 39.7 Å². The second-order valence-electron chi connectivity index (χ2n) is 8.02. The van der Waals surface area contributed by atoms with Crippen LogP contribution in [0.5, 0.6) is 0 Å². The summed E-state index contributed by atoms with van der Waals surface area (Å²) >= 11 is 13.8. The van der Waals surface area contributed by atoms with Crippen molar-refractivity contribution in [3.05, 3.63) is 64.1 Å². The van der Waals surface area contributed by atoms with Crippen LogP contribution in [0, 0.1) is 0 Å². The van der Waals surface area contributed by atoms with Crippen LogP contribution in [-0.2, 0) is 16.1 Å². The van der Waals surface area contributed by atoms with Crippen LogP contribution in [-0.4, -0.2) is 34.0 Å². The molecule has 2 rings (SSSR count). The van der Waals surface area contributed by atoms with E-state index in [1.54, 1.807) is 23.1 Å². The summed E-state index contributed by atoms with van der Waals surface area (Å²) in [5, 5.41) is 4.00. The summed E-state index contributed by atoms with van der Waals surface area (Å²) in [5.74, 6) is -0.0620. The van der Waals surface area contributed by atoms with Gasteiger partial charge in [0.15, 0.2) is 0 Å². The molecule has 0 bridgehead atoms. The third kappa shape index (κ3) is 7.53. The molecule has 0 saturated carbocycles. The molecule has 7 heteroatoms. The Labute approximate surface area is 193 Å². The molecular formula is C23H28Cl2N2O2S. The summed E-state index contributed by atoms with van der Waals surface area (Å²) in [5.41, 5.74) is 0.358. The standard InChI is InChI=1S/C23H28Cl2N2O2S/c1-5-20(22(29)26-23(2,3)4)27(14-16-11-12-17(24)13-19(16)25)21(28)15-30-18-9-7-6-8-10-18/h6-13,20H,5,14-15H2,1-4H3,(H,26,29)/t20-/m1/s1. The lowest BCUT2D eigenvalue weighted by Crippen LogP contribution is -2.53. The number of halogens is 2. The molecule has 0 unspecified atom stereocenters. The number of carbonyl (C=O) groups is 2. The molecule has 0 saturated heterocycles. The maximum atomic E-state index is 13.2. The maximum Gasteiger partial charge on any atom is 0.243 e. The first-order chi connectivity index (χ1) is 14.1. The van der Waals surface area contributed by atoms with Crippen LogP contribution < -0.4 is 5.32 Å². The summed E-state index contributed by atoms with van der Waals surface area (Å²) in [6.07, 6.45) is 0.495. The van der Waals surface area contributed by atoms with Gasteiger partial charge in [-0.05, 0) is 57.0 Å². The summed E-state index contributed by atoms with van der Waals surface area (Å²) in [4.78, 5) is 28.8. The number of rotatable bonds is 8. The Hall–Kier alpha value is -1.69.